The van der Waals surface area contributed by atoms with Crippen molar-refractivity contribution in [3.05, 3.63) is 78.3 Å². The highest BCUT2D eigenvalue weighted by Crippen LogP contribution is 2.27. The largest absolute Gasteiger partial charge is 0.381 e. The lowest BCUT2D eigenvalue weighted by Gasteiger charge is -2.24. The topological polar surface area (TPSA) is 132 Å². The molecule has 0 radical (unpaired) electrons. The maximum absolute atomic E-state index is 13.7. The molecule has 0 aliphatic heterocycles. The van der Waals surface area contributed by atoms with Crippen molar-refractivity contribution in [3.63, 3.8) is 0 Å². The summed E-state index contributed by atoms with van der Waals surface area (Å²) in [4.78, 5) is 30.8. The summed E-state index contributed by atoms with van der Waals surface area (Å²) in [5.74, 6) is -0.991. The lowest BCUT2D eigenvalue weighted by Crippen LogP contribution is -2.33. The third-order valence-electron chi connectivity index (χ3n) is 4.83. The molecule has 0 aliphatic rings. The molecule has 1 aromatic carbocycles. The van der Waals surface area contributed by atoms with Crippen LogP contribution in [0.25, 0.3) is 10.9 Å². The third kappa shape index (κ3) is 4.93. The van der Waals surface area contributed by atoms with Gasteiger partial charge in [-0.3, -0.25) is 4.79 Å². The summed E-state index contributed by atoms with van der Waals surface area (Å²) in [6.07, 6.45) is 5.26. The Balaban J connectivity index is 1.77. The Morgan fingerprint density at radius 1 is 1.06 bits per heavy atom. The normalized spacial score (nSPS) is 11.5. The third-order valence-corrected chi connectivity index (χ3v) is 5.84. The van der Waals surface area contributed by atoms with Crippen molar-refractivity contribution >= 4 is 38.2 Å². The first-order valence-corrected chi connectivity index (χ1v) is 11.7. The van der Waals surface area contributed by atoms with Crippen LogP contribution in [0.15, 0.2) is 66.1 Å². The molecular weight excluding hydrogens is 447 g/mol. The molecule has 0 aliphatic carbocycles. The Morgan fingerprint density at radius 3 is 2.52 bits per heavy atom. The number of pyridine rings is 2. The molecule has 0 atom stereocenters. The molecule has 0 saturated carbocycles. The first-order valence-electron chi connectivity index (χ1n) is 9.78. The summed E-state index contributed by atoms with van der Waals surface area (Å²) in [6.45, 7) is 0.00871. The first kappa shape index (κ1) is 22.2. The second-order valence-corrected chi connectivity index (χ2v) is 9.24. The fourth-order valence-corrected chi connectivity index (χ4v) is 4.13. The Morgan fingerprint density at radius 2 is 1.79 bits per heavy atom. The molecule has 11 heteroatoms. The predicted molar refractivity (Wildman–Crippen MR) is 120 cm³/mol. The van der Waals surface area contributed by atoms with Crippen molar-refractivity contribution in [2.45, 2.75) is 18.0 Å². The number of nitrogen functional groups attached to an aromatic ring is 1. The van der Waals surface area contributed by atoms with Gasteiger partial charge >= 0.3 is 0 Å². The van der Waals surface area contributed by atoms with Gasteiger partial charge in [-0.15, -0.1) is 0 Å². The van der Waals surface area contributed by atoms with E-state index in [4.69, 9.17) is 5.73 Å². The minimum atomic E-state index is -3.73. The van der Waals surface area contributed by atoms with Crippen molar-refractivity contribution in [3.8, 4) is 0 Å². The number of halogens is 1. The zero-order valence-corrected chi connectivity index (χ0v) is 18.3. The Labute approximate surface area is 189 Å². The van der Waals surface area contributed by atoms with Gasteiger partial charge in [-0.05, 0) is 35.9 Å². The van der Waals surface area contributed by atoms with E-state index in [1.807, 2.05) is 0 Å². The molecule has 0 spiro atoms. The fourth-order valence-electron chi connectivity index (χ4n) is 3.32. The number of rotatable bonds is 6. The number of hydrogen-bond donors (Lipinski definition) is 1. The van der Waals surface area contributed by atoms with Gasteiger partial charge in [0.2, 0.25) is 5.91 Å². The average molecular weight is 466 g/mol. The Kier molecular flexibility index (Phi) is 5.97. The van der Waals surface area contributed by atoms with Gasteiger partial charge in [-0.2, -0.15) is 0 Å². The van der Waals surface area contributed by atoms with Gasteiger partial charge in [0.25, 0.3) is 0 Å². The van der Waals surface area contributed by atoms with Gasteiger partial charge in [0.1, 0.15) is 5.82 Å². The van der Waals surface area contributed by atoms with Gasteiger partial charge in [0.15, 0.2) is 26.5 Å². The molecule has 9 nitrogen and oxygen atoms in total. The van der Waals surface area contributed by atoms with Crippen LogP contribution in [0.4, 0.5) is 15.9 Å². The monoisotopic (exact) mass is 466 g/mol. The number of fused-ring (bicyclic) bond motifs is 1. The summed E-state index contributed by atoms with van der Waals surface area (Å²) in [5.41, 5.74) is 6.80. The van der Waals surface area contributed by atoms with E-state index >= 15 is 0 Å². The van der Waals surface area contributed by atoms with Crippen molar-refractivity contribution in [2.75, 3.05) is 16.9 Å². The highest BCUT2D eigenvalue weighted by Gasteiger charge is 2.25. The second kappa shape index (κ2) is 8.87. The first-order chi connectivity index (χ1) is 15.7. The van der Waals surface area contributed by atoms with E-state index in [0.29, 0.717) is 22.3 Å². The number of benzene rings is 1. The quantitative estimate of drug-likeness (QED) is 0.458. The van der Waals surface area contributed by atoms with Crippen LogP contribution in [-0.4, -0.2) is 40.5 Å². The molecule has 3 aromatic heterocycles. The van der Waals surface area contributed by atoms with Crippen molar-refractivity contribution in [1.82, 2.24) is 19.9 Å². The molecule has 4 aromatic rings. The number of aromatic nitrogens is 4. The SMILES string of the molecule is CS(=O)(=O)c1ncccc1N(Cc1ccc2cc(F)c(N)nc2c1)C(=O)Cc1ncccn1. The van der Waals surface area contributed by atoms with Gasteiger partial charge in [-0.1, -0.05) is 12.1 Å². The van der Waals surface area contributed by atoms with E-state index in [-0.39, 0.29) is 29.5 Å². The van der Waals surface area contributed by atoms with E-state index in [0.717, 1.165) is 6.26 Å². The number of amides is 1. The number of carbonyl (C=O) groups is 1. The van der Waals surface area contributed by atoms with E-state index in [1.54, 1.807) is 30.3 Å². The van der Waals surface area contributed by atoms with Crippen molar-refractivity contribution in [1.29, 1.82) is 0 Å². The van der Waals surface area contributed by atoms with Gasteiger partial charge < -0.3 is 10.6 Å². The molecule has 4 rings (SSSR count). The summed E-state index contributed by atoms with van der Waals surface area (Å²) in [5, 5.41) is 0.316. The number of sulfone groups is 1. The average Bonchev–Trinajstić information content (AvgIpc) is 2.78. The number of hydrogen-bond acceptors (Lipinski definition) is 8. The molecule has 3 heterocycles. The molecule has 0 unspecified atom stereocenters. The van der Waals surface area contributed by atoms with E-state index in [2.05, 4.69) is 19.9 Å². The lowest BCUT2D eigenvalue weighted by atomic mass is 10.1. The van der Waals surface area contributed by atoms with Crippen LogP contribution in [0.3, 0.4) is 0 Å². The predicted octanol–water partition coefficient (Wildman–Crippen LogP) is 2.32. The van der Waals surface area contributed by atoms with Gasteiger partial charge in [-0.25, -0.2) is 32.7 Å². The van der Waals surface area contributed by atoms with Crippen molar-refractivity contribution < 1.29 is 17.6 Å². The van der Waals surface area contributed by atoms with Crippen LogP contribution in [0.2, 0.25) is 0 Å². The van der Waals surface area contributed by atoms with Crippen LogP contribution < -0.4 is 10.6 Å². The summed E-state index contributed by atoms with van der Waals surface area (Å²) >= 11 is 0. The molecule has 168 valence electrons. The highest BCUT2D eigenvalue weighted by molar-refractivity contribution is 7.90. The maximum Gasteiger partial charge on any atom is 0.235 e. The lowest BCUT2D eigenvalue weighted by molar-refractivity contribution is -0.118. The van der Waals surface area contributed by atoms with E-state index in [1.165, 1.54) is 35.6 Å². The molecule has 1 amide bonds. The van der Waals surface area contributed by atoms with Crippen LogP contribution in [0.5, 0.6) is 0 Å². The van der Waals surface area contributed by atoms with Crippen LogP contribution in [-0.2, 0) is 27.6 Å². The highest BCUT2D eigenvalue weighted by atomic mass is 32.2. The van der Waals surface area contributed by atoms with Crippen LogP contribution >= 0.6 is 0 Å². The van der Waals surface area contributed by atoms with E-state index in [9.17, 15) is 17.6 Å². The minimum Gasteiger partial charge on any atom is -0.381 e. The molecule has 0 fully saturated rings. The van der Waals surface area contributed by atoms with Crippen LogP contribution in [0, 0.1) is 5.82 Å². The van der Waals surface area contributed by atoms with Gasteiger partial charge in [0, 0.05) is 30.2 Å². The van der Waals surface area contributed by atoms with Crippen LogP contribution in [0.1, 0.15) is 11.4 Å². The zero-order chi connectivity index (χ0) is 23.6. The molecule has 0 saturated heterocycles. The number of nitrogens with zero attached hydrogens (tertiary/aromatic N) is 5. The van der Waals surface area contributed by atoms with E-state index < -0.39 is 21.6 Å². The minimum absolute atomic E-state index is 0.00871. The maximum atomic E-state index is 13.7. The summed E-state index contributed by atoms with van der Waals surface area (Å²) in [7, 11) is -3.73. The number of nitrogens with two attached hydrogens (primary N) is 1. The number of carbonyl (C=O) groups excluding carboxylic acids is 1. The van der Waals surface area contributed by atoms with Crippen molar-refractivity contribution in [2.24, 2.45) is 0 Å². The smallest absolute Gasteiger partial charge is 0.235 e. The molecule has 0 bridgehead atoms. The molecular formula is C22H19FN6O3S. The zero-order valence-electron chi connectivity index (χ0n) is 17.5. The molecule has 33 heavy (non-hydrogen) atoms. The Bertz CT molecular complexity index is 1450. The molecule has 2 N–H and O–H groups in total. The Hall–Kier alpha value is -3.99. The second-order valence-electron chi connectivity index (χ2n) is 7.30. The van der Waals surface area contributed by atoms with Gasteiger partial charge in [0.05, 0.1) is 24.2 Å². The number of anilines is 2. The fraction of sp³-hybridized carbons (Fsp3) is 0.136. The summed E-state index contributed by atoms with van der Waals surface area (Å²) < 4.78 is 38.4. The standard InChI is InChI=1S/C22H19FN6O3S/c1-33(31,32)22-18(4-2-7-27-22)29(20(30)12-19-25-8-3-9-26-19)13-14-5-6-15-11-16(23)21(24)28-17(15)10-14/h2-11H,12-13H2,1H3,(H2,24,28). The summed E-state index contributed by atoms with van der Waals surface area (Å²) in [6, 6.07) is 11.0.